The number of aromatic nitrogens is 1. The Labute approximate surface area is 132 Å². The van der Waals surface area contributed by atoms with Crippen LogP contribution < -0.4 is 5.32 Å². The van der Waals surface area contributed by atoms with Crippen LogP contribution in [0.15, 0.2) is 28.9 Å². The van der Waals surface area contributed by atoms with Crippen LogP contribution in [0.1, 0.15) is 51.4 Å². The molecule has 1 aromatic heterocycles. The second-order valence-electron chi connectivity index (χ2n) is 4.28. The van der Waals surface area contributed by atoms with E-state index in [-0.39, 0.29) is 5.78 Å². The molecule has 0 spiro atoms. The summed E-state index contributed by atoms with van der Waals surface area (Å²) in [7, 11) is 1.69. The third kappa shape index (κ3) is 6.54. The highest BCUT2D eigenvalue weighted by molar-refractivity contribution is 6.34. The Balaban J connectivity index is 0.00000191. The number of hydrogen-bond acceptors (Lipinski definition) is 3. The Morgan fingerprint density at radius 3 is 2.48 bits per heavy atom. The number of nitrogens with zero attached hydrogens (tertiary/aromatic N) is 2. The van der Waals surface area contributed by atoms with Crippen molar-refractivity contribution in [1.29, 1.82) is 0 Å². The molecule has 4 nitrogen and oxygen atoms in total. The molecule has 0 fully saturated rings. The summed E-state index contributed by atoms with van der Waals surface area (Å²) in [4.78, 5) is 19.9. The molecule has 0 aliphatic heterocycles. The molecule has 0 unspecified atom stereocenters. The summed E-state index contributed by atoms with van der Waals surface area (Å²) in [5.41, 5.74) is 1.57. The summed E-state index contributed by atoms with van der Waals surface area (Å²) in [5, 5.41) is 3.45. The minimum atomic E-state index is -0.0160. The Morgan fingerprint density at radius 1 is 1.43 bits per heavy atom. The van der Waals surface area contributed by atoms with E-state index in [1.807, 2.05) is 33.8 Å². The van der Waals surface area contributed by atoms with Crippen LogP contribution in [0.2, 0.25) is 5.02 Å². The molecule has 5 heteroatoms. The highest BCUT2D eigenvalue weighted by atomic mass is 35.5. The quantitative estimate of drug-likeness (QED) is 0.495. The van der Waals surface area contributed by atoms with Crippen LogP contribution in [-0.4, -0.2) is 23.7 Å². The molecule has 1 rings (SSSR count). The number of pyridine rings is 1. The summed E-state index contributed by atoms with van der Waals surface area (Å²) in [6.45, 7) is 9.76. The number of anilines is 1. The molecule has 1 N–H and O–H groups in total. The lowest BCUT2D eigenvalue weighted by Gasteiger charge is -2.08. The summed E-state index contributed by atoms with van der Waals surface area (Å²) in [5.74, 6) is 1.24. The molecule has 0 bridgehead atoms. The van der Waals surface area contributed by atoms with E-state index >= 15 is 0 Å². The van der Waals surface area contributed by atoms with Crippen molar-refractivity contribution in [2.24, 2.45) is 4.99 Å². The number of aliphatic imine (C=N–C) groups is 1. The topological polar surface area (TPSA) is 54.4 Å². The largest absolute Gasteiger partial charge is 0.325 e. The number of Topliss-reactive ketones (excluding diaryl/α,β-unsaturated/α-hetero) is 1. The number of carbonyl (C=O) groups is 1. The first-order valence-corrected chi connectivity index (χ1v) is 7.43. The van der Waals surface area contributed by atoms with Gasteiger partial charge in [-0.05, 0) is 19.9 Å². The van der Waals surface area contributed by atoms with Crippen LogP contribution in [0.5, 0.6) is 0 Å². The van der Waals surface area contributed by atoms with Gasteiger partial charge in [0, 0.05) is 25.7 Å². The van der Waals surface area contributed by atoms with Crippen molar-refractivity contribution >= 4 is 29.0 Å². The number of amidine groups is 1. The lowest BCUT2D eigenvalue weighted by atomic mass is 10.1. The summed E-state index contributed by atoms with van der Waals surface area (Å²) < 4.78 is 0. The predicted molar refractivity (Wildman–Crippen MR) is 91.6 cm³/mol. The van der Waals surface area contributed by atoms with Crippen LogP contribution >= 0.6 is 11.6 Å². The van der Waals surface area contributed by atoms with Gasteiger partial charge in [-0.25, -0.2) is 4.98 Å². The molecular weight excluding hydrogens is 286 g/mol. The standard InChI is InChI=1S/C14H18ClN3O.C2H6/c1-5-12(19)10-8-17-14(7-11(10)15)18-13(16-4)6-9(2)3;1-2/h6-8H,5H2,1-4H3,(H,16,17,18);1-2H3. The fourth-order valence-corrected chi connectivity index (χ4v) is 1.71. The van der Waals surface area contributed by atoms with E-state index in [0.717, 1.165) is 5.57 Å². The molecule has 0 aliphatic carbocycles. The van der Waals surface area contributed by atoms with Crippen LogP contribution in [0.4, 0.5) is 5.82 Å². The SMILES string of the molecule is CC.CCC(=O)c1cnc(NC(C=C(C)C)=NC)cc1Cl. The molecule has 116 valence electrons. The molecule has 1 aromatic rings. The second-order valence-corrected chi connectivity index (χ2v) is 4.69. The van der Waals surface area contributed by atoms with E-state index in [1.54, 1.807) is 20.0 Å². The van der Waals surface area contributed by atoms with Gasteiger partial charge < -0.3 is 5.32 Å². The van der Waals surface area contributed by atoms with Crippen molar-refractivity contribution in [1.82, 2.24) is 4.98 Å². The van der Waals surface area contributed by atoms with Crippen LogP contribution in [-0.2, 0) is 0 Å². The van der Waals surface area contributed by atoms with Gasteiger partial charge in [-0.3, -0.25) is 9.79 Å². The minimum absolute atomic E-state index is 0.0160. The lowest BCUT2D eigenvalue weighted by molar-refractivity contribution is 0.0988. The van der Waals surface area contributed by atoms with Crippen molar-refractivity contribution in [3.8, 4) is 0 Å². The van der Waals surface area contributed by atoms with E-state index in [2.05, 4.69) is 15.3 Å². The molecule has 1 heterocycles. The maximum atomic E-state index is 11.6. The van der Waals surface area contributed by atoms with Crippen LogP contribution in [0.3, 0.4) is 0 Å². The molecule has 21 heavy (non-hydrogen) atoms. The summed E-state index contributed by atoms with van der Waals surface area (Å²) >= 11 is 6.08. The van der Waals surface area contributed by atoms with Gasteiger partial charge in [0.15, 0.2) is 5.78 Å². The Hall–Kier alpha value is -1.68. The minimum Gasteiger partial charge on any atom is -0.325 e. The fourth-order valence-electron chi connectivity index (χ4n) is 1.46. The summed E-state index contributed by atoms with van der Waals surface area (Å²) in [6.07, 6.45) is 3.81. The summed E-state index contributed by atoms with van der Waals surface area (Å²) in [6, 6.07) is 1.63. The molecule has 0 amide bonds. The van der Waals surface area contributed by atoms with Crippen molar-refractivity contribution < 1.29 is 4.79 Å². The van der Waals surface area contributed by atoms with E-state index < -0.39 is 0 Å². The number of nitrogens with one attached hydrogen (secondary N) is 1. The highest BCUT2D eigenvalue weighted by Gasteiger charge is 2.10. The maximum absolute atomic E-state index is 11.6. The van der Waals surface area contributed by atoms with Crippen LogP contribution in [0, 0.1) is 0 Å². The van der Waals surface area contributed by atoms with E-state index in [0.29, 0.717) is 28.7 Å². The first-order chi connectivity index (χ1) is 9.97. The average Bonchev–Trinajstić information content (AvgIpc) is 2.47. The third-order valence-corrected chi connectivity index (χ3v) is 2.71. The number of hydrogen-bond donors (Lipinski definition) is 1. The molecule has 0 radical (unpaired) electrons. The Morgan fingerprint density at radius 2 is 2.05 bits per heavy atom. The van der Waals surface area contributed by atoms with Crippen molar-refractivity contribution in [2.45, 2.75) is 41.0 Å². The zero-order chi connectivity index (χ0) is 16.4. The van der Waals surface area contributed by atoms with E-state index in [4.69, 9.17) is 11.6 Å². The normalized spacial score (nSPS) is 10.3. The lowest BCUT2D eigenvalue weighted by Crippen LogP contribution is -2.11. The van der Waals surface area contributed by atoms with Crippen LogP contribution in [0.25, 0.3) is 0 Å². The number of carbonyl (C=O) groups excluding carboxylic acids is 1. The van der Waals surface area contributed by atoms with Crippen molar-refractivity contribution in [3.63, 3.8) is 0 Å². The molecule has 0 atom stereocenters. The smallest absolute Gasteiger partial charge is 0.165 e. The Kier molecular flexibility index (Phi) is 9.30. The fraction of sp³-hybridized carbons (Fsp3) is 0.438. The van der Waals surface area contributed by atoms with Gasteiger partial charge >= 0.3 is 0 Å². The first-order valence-electron chi connectivity index (χ1n) is 7.05. The monoisotopic (exact) mass is 309 g/mol. The number of rotatable bonds is 4. The maximum Gasteiger partial charge on any atom is 0.165 e. The van der Waals surface area contributed by atoms with Gasteiger partial charge in [0.2, 0.25) is 0 Å². The average molecular weight is 310 g/mol. The van der Waals surface area contributed by atoms with Gasteiger partial charge in [0.1, 0.15) is 11.7 Å². The second kappa shape index (κ2) is 10.1. The predicted octanol–water partition coefficient (Wildman–Crippen LogP) is 4.76. The van der Waals surface area contributed by atoms with Gasteiger partial charge in [-0.2, -0.15) is 0 Å². The molecule has 0 saturated heterocycles. The first kappa shape index (κ1) is 19.3. The van der Waals surface area contributed by atoms with Crippen molar-refractivity contribution in [3.05, 3.63) is 34.5 Å². The highest BCUT2D eigenvalue weighted by Crippen LogP contribution is 2.20. The number of allylic oxidation sites excluding steroid dienone is 1. The molecular formula is C16H24ClN3O. The third-order valence-electron chi connectivity index (χ3n) is 2.40. The van der Waals surface area contributed by atoms with E-state index in [1.165, 1.54) is 6.20 Å². The number of halogens is 1. The zero-order valence-electron chi connectivity index (χ0n) is 13.6. The molecule has 0 aliphatic rings. The van der Waals surface area contributed by atoms with Crippen molar-refractivity contribution in [2.75, 3.05) is 12.4 Å². The molecule has 0 aromatic carbocycles. The van der Waals surface area contributed by atoms with Gasteiger partial charge in [-0.15, -0.1) is 0 Å². The van der Waals surface area contributed by atoms with Gasteiger partial charge in [-0.1, -0.05) is 37.9 Å². The Bertz CT molecular complexity index is 532. The van der Waals surface area contributed by atoms with Gasteiger partial charge in [0.25, 0.3) is 0 Å². The zero-order valence-corrected chi connectivity index (χ0v) is 14.4. The van der Waals surface area contributed by atoms with Gasteiger partial charge in [0.05, 0.1) is 10.6 Å². The number of ketones is 1. The molecule has 0 saturated carbocycles. The van der Waals surface area contributed by atoms with E-state index in [9.17, 15) is 4.79 Å².